The number of thiazole rings is 1. The van der Waals surface area contributed by atoms with Crippen molar-refractivity contribution in [3.05, 3.63) is 23.2 Å². The Morgan fingerprint density at radius 2 is 2.43 bits per heavy atom. The summed E-state index contributed by atoms with van der Waals surface area (Å²) in [7, 11) is 0. The number of halogens is 1. The monoisotopic (exact) mass is 320 g/mol. The first-order chi connectivity index (χ1) is 10.1. The van der Waals surface area contributed by atoms with Crippen molar-refractivity contribution >= 4 is 44.2 Å². The van der Waals surface area contributed by atoms with E-state index in [4.69, 9.17) is 16.9 Å². The van der Waals surface area contributed by atoms with Crippen molar-refractivity contribution in [2.24, 2.45) is 0 Å². The molecule has 2 heterocycles. The SMILES string of the molecule is CC(=O)N(c1nc2ccc(Cl)cc2s1)C1CCN(C#N)C1. The summed E-state index contributed by atoms with van der Waals surface area (Å²) in [4.78, 5) is 19.9. The van der Waals surface area contributed by atoms with Gasteiger partial charge >= 0.3 is 0 Å². The molecule has 0 N–H and O–H groups in total. The number of nitrogens with zero attached hydrogens (tertiary/aromatic N) is 4. The van der Waals surface area contributed by atoms with Gasteiger partial charge in [-0.3, -0.25) is 9.69 Å². The van der Waals surface area contributed by atoms with Crippen LogP contribution in [-0.2, 0) is 4.79 Å². The normalized spacial score (nSPS) is 18.0. The van der Waals surface area contributed by atoms with Crippen LogP contribution in [0.25, 0.3) is 10.2 Å². The van der Waals surface area contributed by atoms with Gasteiger partial charge in [-0.05, 0) is 24.6 Å². The Bertz CT molecular complexity index is 738. The van der Waals surface area contributed by atoms with Crippen LogP contribution >= 0.6 is 22.9 Å². The lowest BCUT2D eigenvalue weighted by Gasteiger charge is -2.24. The summed E-state index contributed by atoms with van der Waals surface area (Å²) in [6, 6.07) is 5.50. The van der Waals surface area contributed by atoms with Gasteiger partial charge in [-0.2, -0.15) is 5.26 Å². The Labute approximate surface area is 131 Å². The lowest BCUT2D eigenvalue weighted by molar-refractivity contribution is -0.117. The zero-order chi connectivity index (χ0) is 15.0. The highest BCUT2D eigenvalue weighted by Crippen LogP contribution is 2.33. The number of benzene rings is 1. The number of amides is 1. The Hall–Kier alpha value is -1.84. The third kappa shape index (κ3) is 2.67. The fourth-order valence-corrected chi connectivity index (χ4v) is 3.94. The third-order valence-corrected chi connectivity index (χ3v) is 4.81. The Kier molecular flexibility index (Phi) is 3.70. The van der Waals surface area contributed by atoms with Crippen LogP contribution in [0, 0.1) is 11.5 Å². The van der Waals surface area contributed by atoms with E-state index in [0.29, 0.717) is 23.2 Å². The molecule has 0 aliphatic carbocycles. The van der Waals surface area contributed by atoms with Crippen molar-refractivity contribution in [1.82, 2.24) is 9.88 Å². The number of nitriles is 1. The molecular formula is C14H13ClN4OS. The molecule has 1 aliphatic heterocycles. The summed E-state index contributed by atoms with van der Waals surface area (Å²) in [5, 5.41) is 10.3. The maximum Gasteiger partial charge on any atom is 0.225 e. The topological polar surface area (TPSA) is 60.2 Å². The molecule has 0 bridgehead atoms. The van der Waals surface area contributed by atoms with E-state index in [1.807, 2.05) is 12.1 Å². The van der Waals surface area contributed by atoms with E-state index < -0.39 is 0 Å². The van der Waals surface area contributed by atoms with Gasteiger partial charge in [0.15, 0.2) is 11.3 Å². The molecule has 0 spiro atoms. The molecule has 1 aromatic carbocycles. The molecule has 1 fully saturated rings. The summed E-state index contributed by atoms with van der Waals surface area (Å²) < 4.78 is 0.957. The summed E-state index contributed by atoms with van der Waals surface area (Å²) in [5.74, 6) is -0.0510. The first-order valence-electron chi connectivity index (χ1n) is 6.59. The summed E-state index contributed by atoms with van der Waals surface area (Å²) in [6.07, 6.45) is 2.92. The Balaban J connectivity index is 1.96. The second-order valence-electron chi connectivity index (χ2n) is 4.99. The molecule has 0 saturated carbocycles. The van der Waals surface area contributed by atoms with Crippen molar-refractivity contribution in [2.75, 3.05) is 18.0 Å². The Morgan fingerprint density at radius 1 is 1.62 bits per heavy atom. The highest BCUT2D eigenvalue weighted by molar-refractivity contribution is 7.22. The van der Waals surface area contributed by atoms with Gasteiger partial charge in [0.2, 0.25) is 5.91 Å². The van der Waals surface area contributed by atoms with Crippen molar-refractivity contribution in [2.45, 2.75) is 19.4 Å². The number of likely N-dealkylation sites (tertiary alicyclic amines) is 1. The average molecular weight is 321 g/mol. The average Bonchev–Trinajstić information content (AvgIpc) is 3.04. The summed E-state index contributed by atoms with van der Waals surface area (Å²) >= 11 is 7.44. The quantitative estimate of drug-likeness (QED) is 0.798. The van der Waals surface area contributed by atoms with Gasteiger partial charge in [0.05, 0.1) is 16.3 Å². The smallest absolute Gasteiger partial charge is 0.225 e. The molecule has 1 unspecified atom stereocenters. The van der Waals surface area contributed by atoms with E-state index in [0.717, 1.165) is 16.6 Å². The molecular weight excluding hydrogens is 308 g/mol. The molecule has 2 aromatic rings. The molecule has 7 heteroatoms. The second-order valence-corrected chi connectivity index (χ2v) is 6.43. The lowest BCUT2D eigenvalue weighted by atomic mass is 10.2. The predicted octanol–water partition coefficient (Wildman–Crippen LogP) is 2.86. The molecule has 5 nitrogen and oxygen atoms in total. The number of rotatable bonds is 2. The zero-order valence-corrected chi connectivity index (χ0v) is 13.0. The number of anilines is 1. The predicted molar refractivity (Wildman–Crippen MR) is 83.4 cm³/mol. The Morgan fingerprint density at radius 3 is 3.10 bits per heavy atom. The van der Waals surface area contributed by atoms with E-state index in [-0.39, 0.29) is 11.9 Å². The van der Waals surface area contributed by atoms with Crippen molar-refractivity contribution in [3.63, 3.8) is 0 Å². The van der Waals surface area contributed by atoms with Crippen LogP contribution in [0.5, 0.6) is 0 Å². The van der Waals surface area contributed by atoms with Gasteiger partial charge in [-0.1, -0.05) is 22.9 Å². The highest BCUT2D eigenvalue weighted by atomic mass is 35.5. The fraction of sp³-hybridized carbons (Fsp3) is 0.357. The molecule has 1 aliphatic rings. The van der Waals surface area contributed by atoms with Gasteiger partial charge in [-0.15, -0.1) is 0 Å². The largest absolute Gasteiger partial charge is 0.308 e. The molecule has 3 rings (SSSR count). The number of carbonyl (C=O) groups is 1. The van der Waals surface area contributed by atoms with Crippen molar-refractivity contribution in [1.29, 1.82) is 5.26 Å². The number of aromatic nitrogens is 1. The van der Waals surface area contributed by atoms with Crippen LogP contribution in [0.3, 0.4) is 0 Å². The molecule has 108 valence electrons. The van der Waals surface area contributed by atoms with Crippen LogP contribution in [0.4, 0.5) is 5.13 Å². The first kappa shape index (κ1) is 14.1. The van der Waals surface area contributed by atoms with Crippen LogP contribution in [-0.4, -0.2) is 34.9 Å². The fourth-order valence-electron chi connectivity index (χ4n) is 2.58. The van der Waals surface area contributed by atoms with Gasteiger partial charge in [-0.25, -0.2) is 4.98 Å². The van der Waals surface area contributed by atoms with E-state index in [1.165, 1.54) is 18.3 Å². The highest BCUT2D eigenvalue weighted by Gasteiger charge is 2.31. The van der Waals surface area contributed by atoms with E-state index in [2.05, 4.69) is 11.2 Å². The molecule has 1 aromatic heterocycles. The minimum absolute atomic E-state index is 0.00168. The van der Waals surface area contributed by atoms with E-state index in [1.54, 1.807) is 15.9 Å². The van der Waals surface area contributed by atoms with Crippen molar-refractivity contribution in [3.8, 4) is 6.19 Å². The van der Waals surface area contributed by atoms with Crippen LogP contribution in [0.2, 0.25) is 5.02 Å². The van der Waals surface area contributed by atoms with E-state index in [9.17, 15) is 4.79 Å². The minimum atomic E-state index is -0.0510. The maximum absolute atomic E-state index is 12.0. The van der Waals surface area contributed by atoms with Gasteiger partial charge < -0.3 is 4.90 Å². The van der Waals surface area contributed by atoms with Crippen LogP contribution in [0.1, 0.15) is 13.3 Å². The van der Waals surface area contributed by atoms with Crippen LogP contribution in [0.15, 0.2) is 18.2 Å². The second kappa shape index (κ2) is 5.51. The van der Waals surface area contributed by atoms with E-state index >= 15 is 0 Å². The van der Waals surface area contributed by atoms with Gasteiger partial charge in [0.1, 0.15) is 0 Å². The van der Waals surface area contributed by atoms with Gasteiger partial charge in [0.25, 0.3) is 0 Å². The summed E-state index contributed by atoms with van der Waals surface area (Å²) in [6.45, 7) is 2.78. The number of hydrogen-bond donors (Lipinski definition) is 0. The summed E-state index contributed by atoms with van der Waals surface area (Å²) in [5.41, 5.74) is 0.834. The van der Waals surface area contributed by atoms with Gasteiger partial charge in [0, 0.05) is 25.0 Å². The maximum atomic E-state index is 12.0. The molecule has 0 radical (unpaired) electrons. The molecule has 1 saturated heterocycles. The third-order valence-electron chi connectivity index (χ3n) is 3.55. The standard InChI is InChI=1S/C14H13ClN4OS/c1-9(20)19(11-4-5-18(7-11)8-16)14-17-12-3-2-10(15)6-13(12)21-14/h2-3,6,11H,4-5,7H2,1H3. The van der Waals surface area contributed by atoms with Crippen molar-refractivity contribution < 1.29 is 4.79 Å². The lowest BCUT2D eigenvalue weighted by Crippen LogP contribution is -2.40. The molecule has 21 heavy (non-hydrogen) atoms. The van der Waals surface area contributed by atoms with Crippen LogP contribution < -0.4 is 4.90 Å². The number of fused-ring (bicyclic) bond motifs is 1. The molecule has 1 amide bonds. The number of carbonyl (C=O) groups excluding carboxylic acids is 1. The minimum Gasteiger partial charge on any atom is -0.308 e. The zero-order valence-electron chi connectivity index (χ0n) is 11.4. The first-order valence-corrected chi connectivity index (χ1v) is 7.78. The number of hydrogen-bond acceptors (Lipinski definition) is 5. The molecule has 1 atom stereocenters.